The van der Waals surface area contributed by atoms with E-state index in [1.807, 2.05) is 9.97 Å². The Morgan fingerprint density at radius 3 is 1.28 bits per heavy atom. The van der Waals surface area contributed by atoms with Crippen molar-refractivity contribution in [3.63, 3.8) is 0 Å². The minimum absolute atomic E-state index is 0.0376. The van der Waals surface area contributed by atoms with Crippen molar-refractivity contribution < 1.29 is 144 Å². The molecule has 38 nitrogen and oxygen atoms in total. The predicted octanol–water partition coefficient (Wildman–Crippen LogP) is -11.9. The second kappa shape index (κ2) is 23.9. The number of aromatic nitrogens is 4. The molecule has 22 atom stereocenters. The monoisotopic (exact) mass is 1130 g/mol. The van der Waals surface area contributed by atoms with Gasteiger partial charge in [-0.15, -0.1) is 0 Å². The maximum atomic E-state index is 12.0. The quantitative estimate of drug-likeness (QED) is 0.0487. The van der Waals surface area contributed by atoms with Gasteiger partial charge >= 0.3 is 11.4 Å². The minimum Gasteiger partial charge on any atom is -0.756 e. The van der Waals surface area contributed by atoms with Gasteiger partial charge in [0.25, 0.3) is 42.4 Å². The van der Waals surface area contributed by atoms with E-state index in [1.165, 1.54) is 0 Å². The Hall–Kier alpha value is -3.05. The Morgan fingerprint density at radius 2 is 0.903 bits per heavy atom. The average molecular weight is 1130 g/mol. The summed E-state index contributed by atoms with van der Waals surface area (Å²) in [6.07, 6.45) is -32.3. The van der Waals surface area contributed by atoms with Crippen LogP contribution in [-0.2, 0) is 68.7 Å². The number of aldehydes is 1. The van der Waals surface area contributed by atoms with E-state index in [-0.39, 0.29) is 6.29 Å². The minimum atomic E-state index is -5.94. The van der Waals surface area contributed by atoms with Crippen molar-refractivity contribution in [2.45, 2.75) is 110 Å². The Bertz CT molecular complexity index is 2630. The average Bonchev–Trinajstić information content (AvgIpc) is 3.73. The molecule has 2 aromatic heterocycles. The van der Waals surface area contributed by atoms with Gasteiger partial charge in [-0.25, -0.2) is 18.2 Å². The van der Waals surface area contributed by atoms with Gasteiger partial charge in [0, 0.05) is 24.5 Å². The number of nitrogens with one attached hydrogen (secondary N) is 2. The van der Waals surface area contributed by atoms with Crippen molar-refractivity contribution in [3.05, 3.63) is 66.2 Å². The number of aromatic amines is 2. The molecule has 0 aliphatic carbocycles. The summed E-state index contributed by atoms with van der Waals surface area (Å²) in [7, 11) is -23.5. The number of aliphatic hydroxyl groups excluding tert-OH is 11. The summed E-state index contributed by atoms with van der Waals surface area (Å²) in [5.74, 6) is 0. The normalized spacial score (nSPS) is 38.3. The molecule has 42 heteroatoms. The molecule has 72 heavy (non-hydrogen) atoms. The van der Waals surface area contributed by atoms with Gasteiger partial charge in [-0.1, -0.05) is 0 Å². The molecule has 0 amide bonds. The van der Waals surface area contributed by atoms with Crippen LogP contribution in [0, 0.1) is 0 Å². The van der Waals surface area contributed by atoms with Crippen LogP contribution >= 0.6 is 31.3 Å². The lowest BCUT2D eigenvalue weighted by molar-refractivity contribution is -0.305. The van der Waals surface area contributed by atoms with E-state index in [1.54, 1.807) is 0 Å². The van der Waals surface area contributed by atoms with E-state index in [9.17, 15) is 113 Å². The van der Waals surface area contributed by atoms with Crippen molar-refractivity contribution in [1.29, 1.82) is 0 Å². The fraction of sp³-hybridized carbons (Fsp3) is 0.700. The first kappa shape index (κ1) is 59.8. The first-order valence-corrected chi connectivity index (χ1v) is 25.6. The van der Waals surface area contributed by atoms with Gasteiger partial charge in [-0.05, 0) is 0 Å². The molecule has 4 saturated heterocycles. The predicted molar refractivity (Wildman–Crippen MR) is 208 cm³/mol. The Balaban J connectivity index is 0.000000267. The molecule has 410 valence electrons. The van der Waals surface area contributed by atoms with Gasteiger partial charge in [-0.2, -0.15) is 0 Å². The molecule has 13 N–H and O–H groups in total. The van der Waals surface area contributed by atoms with Gasteiger partial charge in [0.05, 0.1) is 19.8 Å². The molecular weight excluding hydrogens is 1080 g/mol. The summed E-state index contributed by atoms with van der Waals surface area (Å²) >= 11 is 0. The molecule has 0 spiro atoms. The van der Waals surface area contributed by atoms with Crippen LogP contribution in [0.1, 0.15) is 12.5 Å². The van der Waals surface area contributed by atoms with Gasteiger partial charge in [-0.3, -0.25) is 56.0 Å². The number of H-pyrrole nitrogens is 2. The highest BCUT2D eigenvalue weighted by Gasteiger charge is 2.49. The highest BCUT2D eigenvalue weighted by molar-refractivity contribution is 7.60. The number of phosphoric acid groups is 4. The third kappa shape index (κ3) is 14.7. The number of hydrogen-bond acceptors (Lipinski definition) is 34. The molecule has 6 rings (SSSR count). The second-order valence-electron chi connectivity index (χ2n) is 15.2. The molecular formula is C30H42N4O34P4-4. The highest BCUT2D eigenvalue weighted by Crippen LogP contribution is 2.58. The summed E-state index contributed by atoms with van der Waals surface area (Å²) in [5.41, 5.74) is -3.57. The van der Waals surface area contributed by atoms with Crippen molar-refractivity contribution in [2.24, 2.45) is 0 Å². The Labute approximate surface area is 397 Å². The molecule has 2 aromatic rings. The highest BCUT2D eigenvalue weighted by atomic mass is 31.3. The van der Waals surface area contributed by atoms with E-state index in [2.05, 4.69) is 31.5 Å². The van der Waals surface area contributed by atoms with Crippen LogP contribution in [0.15, 0.2) is 43.7 Å². The van der Waals surface area contributed by atoms with Gasteiger partial charge in [0.15, 0.2) is 31.3 Å². The molecule has 4 aliphatic heterocycles. The standard InChI is InChI=1S/C15H24N2O17P2.C15H22N2O17P2/c2*18-3-5-8(20)10(22)12(24)14(32-5)33-36(28,29)34-35(26,27)30-4-6-9(21)11(23)13(31-6)17-2-1-7(19)16-15(17)25/h1-2,5-6,8-14,18,20-24H,3-4H2,(H,26,27)(H,28,29)(H,16,19,25);1-3,5-6,8-14,20-24H,4H2,(H,26,27)(H,28,29)(H,16,19,25)/p-4/t2*5-,6?,8+,9?,10+,11?,12-,13?,14-/m11/s1. The lowest BCUT2D eigenvalue weighted by atomic mass is 10.00. The zero-order valence-corrected chi connectivity index (χ0v) is 39.0. The van der Waals surface area contributed by atoms with Crippen LogP contribution in [0.25, 0.3) is 0 Å². The SMILES string of the molecule is O=C[C@H]1O[C@H](OP(=O)([O-])OP(=O)([O-])OCC2OC(n3ccc(=O)[nH]c3=O)C(O)C2O)[C@H](O)[C@@H](O)[C@H]1O.O=c1ccn(C2OC(COP(=O)([O-])OP(=O)([O-])O[C@H]3O[C@H](CO)[C@H](O)[C@H](O)[C@H]3O)C(O)C2O)c(=O)[nH]1. The maximum absolute atomic E-state index is 12.0. The van der Waals surface area contributed by atoms with E-state index < -0.39 is 184 Å². The fourth-order valence-electron chi connectivity index (χ4n) is 6.59. The second-order valence-corrected chi connectivity index (χ2v) is 21.0. The molecule has 0 bridgehead atoms. The fourth-order valence-corrected chi connectivity index (χ4v) is 10.8. The summed E-state index contributed by atoms with van der Waals surface area (Å²) in [6, 6.07) is 1.82. The van der Waals surface area contributed by atoms with Crippen molar-refractivity contribution in [2.75, 3.05) is 19.8 Å². The van der Waals surface area contributed by atoms with Gasteiger partial charge < -0.3 is 109 Å². The largest absolute Gasteiger partial charge is 0.756 e. The third-order valence-electron chi connectivity index (χ3n) is 10.2. The molecule has 0 saturated carbocycles. The first-order chi connectivity index (χ1) is 33.3. The van der Waals surface area contributed by atoms with Crippen LogP contribution < -0.4 is 42.1 Å². The Morgan fingerprint density at radius 1 is 0.528 bits per heavy atom. The molecule has 6 heterocycles. The Kier molecular flexibility index (Phi) is 19.8. The van der Waals surface area contributed by atoms with Crippen LogP contribution in [0.5, 0.6) is 0 Å². The number of phosphoric ester groups is 4. The number of ether oxygens (including phenoxy) is 4. The molecule has 0 radical (unpaired) electrons. The van der Waals surface area contributed by atoms with Gasteiger partial charge in [0.2, 0.25) is 0 Å². The van der Waals surface area contributed by atoms with E-state index in [0.717, 1.165) is 24.5 Å². The molecule has 4 fully saturated rings. The van der Waals surface area contributed by atoms with Crippen LogP contribution in [0.4, 0.5) is 0 Å². The lowest BCUT2D eigenvalue weighted by Gasteiger charge is -2.41. The molecule has 4 aliphatic rings. The number of carbonyl (C=O) groups excluding carboxylic acids is 1. The van der Waals surface area contributed by atoms with Crippen molar-refractivity contribution >= 4 is 37.6 Å². The van der Waals surface area contributed by atoms with Crippen molar-refractivity contribution in [3.8, 4) is 0 Å². The van der Waals surface area contributed by atoms with E-state index >= 15 is 0 Å². The van der Waals surface area contributed by atoms with E-state index in [0.29, 0.717) is 9.13 Å². The smallest absolute Gasteiger partial charge is 0.330 e. The molecule has 12 unspecified atom stereocenters. The molecule has 0 aromatic carbocycles. The number of rotatable bonds is 18. The summed E-state index contributed by atoms with van der Waals surface area (Å²) < 4.78 is 94.0. The van der Waals surface area contributed by atoms with Crippen LogP contribution in [-0.4, -0.2) is 199 Å². The summed E-state index contributed by atoms with van der Waals surface area (Å²) in [4.78, 5) is 109. The number of nitrogens with zero attached hydrogens (tertiary/aromatic N) is 2. The zero-order chi connectivity index (χ0) is 54.0. The van der Waals surface area contributed by atoms with Crippen LogP contribution in [0.3, 0.4) is 0 Å². The number of aliphatic hydroxyl groups is 11. The van der Waals surface area contributed by atoms with Crippen LogP contribution in [0.2, 0.25) is 0 Å². The van der Waals surface area contributed by atoms with Crippen molar-refractivity contribution in [1.82, 2.24) is 19.1 Å². The topological polar surface area (TPSA) is 602 Å². The summed E-state index contributed by atoms with van der Waals surface area (Å²) in [6.45, 7) is -3.18. The zero-order valence-electron chi connectivity index (χ0n) is 35.4. The van der Waals surface area contributed by atoms with E-state index in [4.69, 9.17) is 19.3 Å². The number of carbonyl (C=O) groups is 1. The van der Waals surface area contributed by atoms with Gasteiger partial charge in [0.1, 0.15) is 85.5 Å². The summed E-state index contributed by atoms with van der Waals surface area (Å²) in [5, 5.41) is 107. The lowest BCUT2D eigenvalue weighted by Crippen LogP contribution is -2.59. The first-order valence-electron chi connectivity index (χ1n) is 19.8. The third-order valence-corrected chi connectivity index (χ3v) is 15.2. The maximum Gasteiger partial charge on any atom is 0.330 e. The number of hydrogen-bond donors (Lipinski definition) is 13.